The first kappa shape index (κ1) is 20.5. The maximum Gasteiger partial charge on any atom is 0.309 e. The van der Waals surface area contributed by atoms with Crippen molar-refractivity contribution in [2.45, 2.75) is 64.3 Å². The van der Waals surface area contributed by atoms with E-state index in [1.54, 1.807) is 7.05 Å². The van der Waals surface area contributed by atoms with Gasteiger partial charge in [-0.3, -0.25) is 14.6 Å². The number of amides is 1. The Kier molecular flexibility index (Phi) is 8.71. The van der Waals surface area contributed by atoms with E-state index in [9.17, 15) is 9.59 Å². The molecule has 0 bridgehead atoms. The molecule has 7 nitrogen and oxygen atoms in total. The Morgan fingerprint density at radius 3 is 2.42 bits per heavy atom. The quantitative estimate of drug-likeness (QED) is 0.424. The van der Waals surface area contributed by atoms with Crippen LogP contribution in [-0.4, -0.2) is 62.1 Å². The average molecular weight is 367 g/mol. The molecule has 1 saturated heterocycles. The number of hydrogen-bond acceptors (Lipinski definition) is 4. The second kappa shape index (κ2) is 11.0. The fourth-order valence-electron chi connectivity index (χ4n) is 3.75. The second-order valence-electron chi connectivity index (χ2n) is 7.14. The molecule has 0 atom stereocenters. The zero-order valence-corrected chi connectivity index (χ0v) is 16.3. The standard InChI is InChI=1S/C19H34N4O3/c1-3-26-18(25)15-10-13-23(14-11-15)19(20-2)21-12-9-17(24)22-16-7-5-4-6-8-16/h15-16H,3-14H2,1-2H3,(H,20,21)(H,22,24). The molecule has 26 heavy (non-hydrogen) atoms. The number of nitrogens with one attached hydrogen (secondary N) is 2. The fraction of sp³-hybridized carbons (Fsp3) is 0.842. The molecule has 2 N–H and O–H groups in total. The summed E-state index contributed by atoms with van der Waals surface area (Å²) in [4.78, 5) is 30.4. The predicted octanol–water partition coefficient (Wildman–Crippen LogP) is 1.68. The van der Waals surface area contributed by atoms with E-state index in [1.165, 1.54) is 19.3 Å². The molecule has 0 aromatic heterocycles. The lowest BCUT2D eigenvalue weighted by Gasteiger charge is -2.33. The van der Waals surface area contributed by atoms with E-state index in [-0.39, 0.29) is 17.8 Å². The van der Waals surface area contributed by atoms with Crippen LogP contribution in [0.5, 0.6) is 0 Å². The van der Waals surface area contributed by atoms with Crippen LogP contribution in [-0.2, 0) is 14.3 Å². The van der Waals surface area contributed by atoms with Crippen molar-refractivity contribution in [2.24, 2.45) is 10.9 Å². The molecule has 2 aliphatic rings. The van der Waals surface area contributed by atoms with Gasteiger partial charge in [-0.1, -0.05) is 19.3 Å². The molecular weight excluding hydrogens is 332 g/mol. The van der Waals surface area contributed by atoms with Crippen molar-refractivity contribution in [1.82, 2.24) is 15.5 Å². The van der Waals surface area contributed by atoms with Crippen LogP contribution < -0.4 is 10.6 Å². The third-order valence-electron chi connectivity index (χ3n) is 5.23. The highest BCUT2D eigenvalue weighted by Gasteiger charge is 2.27. The molecule has 0 aromatic carbocycles. The van der Waals surface area contributed by atoms with Crippen molar-refractivity contribution >= 4 is 17.8 Å². The van der Waals surface area contributed by atoms with Gasteiger partial charge in [0.1, 0.15) is 0 Å². The lowest BCUT2D eigenvalue weighted by Crippen LogP contribution is -2.47. The number of likely N-dealkylation sites (tertiary alicyclic amines) is 1. The molecule has 0 aromatic rings. The van der Waals surface area contributed by atoms with Crippen molar-refractivity contribution in [3.8, 4) is 0 Å². The number of aliphatic imine (C=N–C) groups is 1. The van der Waals surface area contributed by atoms with E-state index in [2.05, 4.69) is 20.5 Å². The number of ether oxygens (including phenoxy) is 1. The van der Waals surface area contributed by atoms with Gasteiger partial charge in [-0.2, -0.15) is 0 Å². The number of piperidine rings is 1. The number of nitrogens with zero attached hydrogens (tertiary/aromatic N) is 2. The maximum absolute atomic E-state index is 12.1. The van der Waals surface area contributed by atoms with Crippen LogP contribution in [0.4, 0.5) is 0 Å². The third-order valence-corrected chi connectivity index (χ3v) is 5.23. The van der Waals surface area contributed by atoms with E-state index in [0.29, 0.717) is 25.6 Å². The van der Waals surface area contributed by atoms with Gasteiger partial charge in [-0.15, -0.1) is 0 Å². The van der Waals surface area contributed by atoms with Crippen molar-refractivity contribution in [1.29, 1.82) is 0 Å². The maximum atomic E-state index is 12.1. The molecule has 1 saturated carbocycles. The van der Waals surface area contributed by atoms with Gasteiger partial charge in [-0.25, -0.2) is 0 Å². The molecule has 1 amide bonds. The first-order chi connectivity index (χ1) is 12.6. The van der Waals surface area contributed by atoms with Gasteiger partial charge in [0.2, 0.25) is 5.91 Å². The second-order valence-corrected chi connectivity index (χ2v) is 7.14. The third kappa shape index (κ3) is 6.50. The minimum atomic E-state index is -0.0884. The number of guanidine groups is 1. The van der Waals surface area contributed by atoms with E-state index in [1.807, 2.05) is 6.92 Å². The Labute approximate surface area is 156 Å². The van der Waals surface area contributed by atoms with Crippen molar-refractivity contribution in [3.05, 3.63) is 0 Å². The average Bonchev–Trinajstić information content (AvgIpc) is 2.66. The summed E-state index contributed by atoms with van der Waals surface area (Å²) in [6, 6.07) is 0.359. The molecule has 2 rings (SSSR count). The molecular formula is C19H34N4O3. The number of esters is 1. The van der Waals surface area contributed by atoms with E-state index in [0.717, 1.165) is 44.7 Å². The van der Waals surface area contributed by atoms with Gasteiger partial charge in [0.05, 0.1) is 12.5 Å². The summed E-state index contributed by atoms with van der Waals surface area (Å²) in [6.45, 7) is 4.40. The van der Waals surface area contributed by atoms with Crippen LogP contribution in [0.15, 0.2) is 4.99 Å². The van der Waals surface area contributed by atoms with Gasteiger partial charge in [0.15, 0.2) is 5.96 Å². The zero-order chi connectivity index (χ0) is 18.8. The van der Waals surface area contributed by atoms with E-state index < -0.39 is 0 Å². The van der Waals surface area contributed by atoms with Gasteiger partial charge >= 0.3 is 5.97 Å². The summed E-state index contributed by atoms with van der Waals surface area (Å²) in [6.07, 6.45) is 7.96. The van der Waals surface area contributed by atoms with E-state index in [4.69, 9.17) is 4.74 Å². The summed E-state index contributed by atoms with van der Waals surface area (Å²) >= 11 is 0. The highest BCUT2D eigenvalue weighted by atomic mass is 16.5. The topological polar surface area (TPSA) is 83.0 Å². The molecule has 0 spiro atoms. The number of carbonyl (C=O) groups excluding carboxylic acids is 2. The minimum Gasteiger partial charge on any atom is -0.466 e. The summed E-state index contributed by atoms with van der Waals surface area (Å²) in [5, 5.41) is 6.41. The summed E-state index contributed by atoms with van der Waals surface area (Å²) in [7, 11) is 1.75. The monoisotopic (exact) mass is 366 g/mol. The molecule has 1 heterocycles. The zero-order valence-electron chi connectivity index (χ0n) is 16.3. The lowest BCUT2D eigenvalue weighted by atomic mass is 9.95. The summed E-state index contributed by atoms with van der Waals surface area (Å²) in [5.74, 6) is 0.818. The number of carbonyl (C=O) groups is 2. The first-order valence-corrected chi connectivity index (χ1v) is 10.1. The van der Waals surface area contributed by atoms with Crippen LogP contribution in [0.25, 0.3) is 0 Å². The molecule has 0 unspecified atom stereocenters. The summed E-state index contributed by atoms with van der Waals surface area (Å²) in [5.41, 5.74) is 0. The molecule has 1 aliphatic carbocycles. The molecule has 7 heteroatoms. The van der Waals surface area contributed by atoms with E-state index >= 15 is 0 Å². The van der Waals surface area contributed by atoms with Crippen molar-refractivity contribution in [3.63, 3.8) is 0 Å². The number of hydrogen-bond donors (Lipinski definition) is 2. The minimum absolute atomic E-state index is 0.00872. The highest BCUT2D eigenvalue weighted by Crippen LogP contribution is 2.19. The Bertz CT molecular complexity index is 481. The smallest absolute Gasteiger partial charge is 0.309 e. The van der Waals surface area contributed by atoms with Crippen LogP contribution in [0, 0.1) is 5.92 Å². The van der Waals surface area contributed by atoms with Gasteiger partial charge in [-0.05, 0) is 32.6 Å². The van der Waals surface area contributed by atoms with Crippen LogP contribution in [0.2, 0.25) is 0 Å². The van der Waals surface area contributed by atoms with Gasteiger partial charge in [0, 0.05) is 39.1 Å². The predicted molar refractivity (Wildman–Crippen MR) is 102 cm³/mol. The molecule has 0 radical (unpaired) electrons. The van der Waals surface area contributed by atoms with Crippen LogP contribution in [0.1, 0.15) is 58.3 Å². The Morgan fingerprint density at radius 2 is 1.81 bits per heavy atom. The molecule has 148 valence electrons. The van der Waals surface area contributed by atoms with Gasteiger partial charge in [0.25, 0.3) is 0 Å². The highest BCUT2D eigenvalue weighted by molar-refractivity contribution is 5.82. The van der Waals surface area contributed by atoms with Crippen LogP contribution >= 0.6 is 0 Å². The Balaban J connectivity index is 1.66. The Morgan fingerprint density at radius 1 is 1.12 bits per heavy atom. The van der Waals surface area contributed by atoms with Gasteiger partial charge < -0.3 is 20.3 Å². The van der Waals surface area contributed by atoms with Crippen LogP contribution in [0.3, 0.4) is 0 Å². The molecule has 1 aliphatic heterocycles. The van der Waals surface area contributed by atoms with Crippen molar-refractivity contribution < 1.29 is 14.3 Å². The largest absolute Gasteiger partial charge is 0.466 e. The summed E-state index contributed by atoms with van der Waals surface area (Å²) < 4.78 is 5.11. The fourth-order valence-corrected chi connectivity index (χ4v) is 3.75. The lowest BCUT2D eigenvalue weighted by molar-refractivity contribution is -0.149. The normalized spacial score (nSPS) is 19.9. The SMILES string of the molecule is CCOC(=O)C1CCN(C(=NC)NCCC(=O)NC2CCCCC2)CC1. The Hall–Kier alpha value is -1.79. The number of rotatable bonds is 6. The first-order valence-electron chi connectivity index (χ1n) is 10.1. The van der Waals surface area contributed by atoms with Crippen molar-refractivity contribution in [2.75, 3.05) is 33.3 Å². The molecule has 2 fully saturated rings.